The summed E-state index contributed by atoms with van der Waals surface area (Å²) in [5.41, 5.74) is 8.90. The largest absolute Gasteiger partial charge is 0.399 e. The maximum atomic E-state index is 5.77. The summed E-state index contributed by atoms with van der Waals surface area (Å²) in [7, 11) is 0. The summed E-state index contributed by atoms with van der Waals surface area (Å²) < 4.78 is 0. The second-order valence-corrected chi connectivity index (χ2v) is 6.50. The molecule has 2 fully saturated rings. The maximum absolute atomic E-state index is 5.77. The Morgan fingerprint density at radius 3 is 2.06 bits per heavy atom. The molecule has 0 bridgehead atoms. The Bertz CT molecular complexity index is 377. The third-order valence-electron chi connectivity index (χ3n) is 5.37. The molecule has 0 radical (unpaired) electrons. The van der Waals surface area contributed by atoms with Crippen LogP contribution in [0.5, 0.6) is 0 Å². The molecule has 0 saturated heterocycles. The standard InChI is InChI=1S/C17H25N/c18-16-6-4-14(5-7-16)15-8-12-17(13-9-15)10-2-1-3-11-17/h4-7,15H,1-3,8-13,18H2. The molecule has 0 atom stereocenters. The van der Waals surface area contributed by atoms with E-state index >= 15 is 0 Å². The minimum absolute atomic E-state index is 0.739. The Balaban J connectivity index is 1.64. The van der Waals surface area contributed by atoms with Gasteiger partial charge in [0.25, 0.3) is 0 Å². The highest BCUT2D eigenvalue weighted by atomic mass is 14.5. The molecule has 0 aliphatic heterocycles. The number of nitrogens with two attached hydrogens (primary N) is 1. The van der Waals surface area contributed by atoms with Crippen LogP contribution >= 0.6 is 0 Å². The number of rotatable bonds is 1. The molecule has 18 heavy (non-hydrogen) atoms. The molecule has 0 unspecified atom stereocenters. The van der Waals surface area contributed by atoms with Crippen LogP contribution in [0.1, 0.15) is 69.3 Å². The van der Waals surface area contributed by atoms with Crippen molar-refractivity contribution in [2.45, 2.75) is 63.7 Å². The van der Waals surface area contributed by atoms with Crippen LogP contribution < -0.4 is 5.73 Å². The molecule has 2 N–H and O–H groups in total. The zero-order valence-electron chi connectivity index (χ0n) is 11.3. The minimum Gasteiger partial charge on any atom is -0.399 e. The Morgan fingerprint density at radius 1 is 0.833 bits per heavy atom. The van der Waals surface area contributed by atoms with Crippen LogP contribution in [0.15, 0.2) is 24.3 Å². The number of nitrogen functional groups attached to an aromatic ring is 1. The quantitative estimate of drug-likeness (QED) is 0.699. The molecular weight excluding hydrogens is 218 g/mol. The van der Waals surface area contributed by atoms with Crippen LogP contribution in [0.2, 0.25) is 0 Å². The number of hydrogen-bond donors (Lipinski definition) is 1. The highest BCUT2D eigenvalue weighted by Crippen LogP contribution is 2.50. The number of hydrogen-bond acceptors (Lipinski definition) is 1. The van der Waals surface area contributed by atoms with Gasteiger partial charge in [-0.1, -0.05) is 31.4 Å². The fraction of sp³-hybridized carbons (Fsp3) is 0.647. The zero-order valence-corrected chi connectivity index (χ0v) is 11.3. The summed E-state index contributed by atoms with van der Waals surface area (Å²) in [4.78, 5) is 0. The van der Waals surface area contributed by atoms with Crippen molar-refractivity contribution in [1.82, 2.24) is 0 Å². The van der Waals surface area contributed by atoms with Crippen molar-refractivity contribution in [3.63, 3.8) is 0 Å². The van der Waals surface area contributed by atoms with Gasteiger partial charge in [-0.05, 0) is 67.6 Å². The van der Waals surface area contributed by atoms with Crippen LogP contribution in [-0.4, -0.2) is 0 Å². The molecule has 0 heterocycles. The van der Waals surface area contributed by atoms with Crippen molar-refractivity contribution in [3.05, 3.63) is 29.8 Å². The normalized spacial score (nSPS) is 24.2. The molecule has 1 spiro atoms. The van der Waals surface area contributed by atoms with Crippen LogP contribution in [0.4, 0.5) is 5.69 Å². The van der Waals surface area contributed by atoms with E-state index < -0.39 is 0 Å². The van der Waals surface area contributed by atoms with Crippen LogP contribution in [0, 0.1) is 5.41 Å². The average molecular weight is 243 g/mol. The van der Waals surface area contributed by atoms with Crippen LogP contribution in [-0.2, 0) is 0 Å². The van der Waals surface area contributed by atoms with Gasteiger partial charge in [0.15, 0.2) is 0 Å². The Hall–Kier alpha value is -0.980. The first kappa shape index (κ1) is 12.1. The Morgan fingerprint density at radius 2 is 1.44 bits per heavy atom. The summed E-state index contributed by atoms with van der Waals surface area (Å²) in [5.74, 6) is 0.790. The van der Waals surface area contributed by atoms with Gasteiger partial charge in [0.05, 0.1) is 0 Å². The summed E-state index contributed by atoms with van der Waals surface area (Å²) in [6, 6.07) is 8.58. The molecule has 0 aromatic heterocycles. The zero-order chi connectivity index (χ0) is 12.4. The van der Waals surface area contributed by atoms with E-state index in [1.165, 1.54) is 63.4 Å². The lowest BCUT2D eigenvalue weighted by atomic mass is 9.62. The molecule has 1 nitrogen and oxygen atoms in total. The second-order valence-electron chi connectivity index (χ2n) is 6.50. The molecule has 2 aliphatic rings. The van der Waals surface area contributed by atoms with Crippen LogP contribution in [0.25, 0.3) is 0 Å². The molecule has 98 valence electrons. The monoisotopic (exact) mass is 243 g/mol. The van der Waals surface area contributed by atoms with Gasteiger partial charge in [-0.25, -0.2) is 0 Å². The lowest BCUT2D eigenvalue weighted by molar-refractivity contribution is 0.114. The van der Waals surface area contributed by atoms with E-state index in [-0.39, 0.29) is 0 Å². The van der Waals surface area contributed by atoms with Crippen molar-refractivity contribution < 1.29 is 0 Å². The predicted octanol–water partition coefficient (Wildman–Crippen LogP) is 4.88. The fourth-order valence-corrected chi connectivity index (χ4v) is 4.13. The van der Waals surface area contributed by atoms with Crippen LogP contribution in [0.3, 0.4) is 0 Å². The first-order valence-electron chi connectivity index (χ1n) is 7.63. The molecular formula is C17H25N. The predicted molar refractivity (Wildman–Crippen MR) is 77.6 cm³/mol. The first-order chi connectivity index (χ1) is 8.77. The molecule has 0 amide bonds. The van der Waals surface area contributed by atoms with Gasteiger partial charge >= 0.3 is 0 Å². The van der Waals surface area contributed by atoms with E-state index in [4.69, 9.17) is 5.73 Å². The van der Waals surface area contributed by atoms with E-state index in [0.717, 1.165) is 17.0 Å². The van der Waals surface area contributed by atoms with Crippen molar-refractivity contribution in [2.24, 2.45) is 5.41 Å². The third-order valence-corrected chi connectivity index (χ3v) is 5.37. The molecule has 1 aromatic carbocycles. The van der Waals surface area contributed by atoms with E-state index in [1.54, 1.807) is 0 Å². The van der Waals surface area contributed by atoms with E-state index in [9.17, 15) is 0 Å². The first-order valence-corrected chi connectivity index (χ1v) is 7.63. The fourth-order valence-electron chi connectivity index (χ4n) is 4.13. The smallest absolute Gasteiger partial charge is 0.0314 e. The lowest BCUT2D eigenvalue weighted by Gasteiger charge is -2.43. The van der Waals surface area contributed by atoms with E-state index in [0.29, 0.717) is 0 Å². The van der Waals surface area contributed by atoms with Crippen molar-refractivity contribution in [3.8, 4) is 0 Å². The molecule has 2 saturated carbocycles. The van der Waals surface area contributed by atoms with Gasteiger partial charge < -0.3 is 5.73 Å². The summed E-state index contributed by atoms with van der Waals surface area (Å²) >= 11 is 0. The molecule has 2 aliphatic carbocycles. The summed E-state index contributed by atoms with van der Waals surface area (Å²) in [6.45, 7) is 0. The maximum Gasteiger partial charge on any atom is 0.0314 e. The number of benzene rings is 1. The topological polar surface area (TPSA) is 26.0 Å². The van der Waals surface area contributed by atoms with Gasteiger partial charge in [-0.2, -0.15) is 0 Å². The molecule has 1 heteroatoms. The summed E-state index contributed by atoms with van der Waals surface area (Å²) in [5, 5.41) is 0. The van der Waals surface area contributed by atoms with Gasteiger partial charge in [-0.3, -0.25) is 0 Å². The highest BCUT2D eigenvalue weighted by Gasteiger charge is 2.36. The minimum atomic E-state index is 0.739. The van der Waals surface area contributed by atoms with E-state index in [1.807, 2.05) is 0 Å². The SMILES string of the molecule is Nc1ccc(C2CCC3(CCCCC3)CC2)cc1. The Kier molecular flexibility index (Phi) is 3.32. The third kappa shape index (κ3) is 2.41. The van der Waals surface area contributed by atoms with E-state index in [2.05, 4.69) is 24.3 Å². The average Bonchev–Trinajstić information content (AvgIpc) is 2.42. The number of anilines is 1. The molecule has 3 rings (SSSR count). The highest BCUT2D eigenvalue weighted by molar-refractivity contribution is 5.40. The van der Waals surface area contributed by atoms with Crippen molar-refractivity contribution >= 4 is 5.69 Å². The van der Waals surface area contributed by atoms with Crippen molar-refractivity contribution in [1.29, 1.82) is 0 Å². The van der Waals surface area contributed by atoms with Gasteiger partial charge in [0, 0.05) is 5.69 Å². The summed E-state index contributed by atoms with van der Waals surface area (Å²) in [6.07, 6.45) is 13.1. The van der Waals surface area contributed by atoms with Gasteiger partial charge in [0.2, 0.25) is 0 Å². The Labute approximate surface area is 111 Å². The van der Waals surface area contributed by atoms with Gasteiger partial charge in [0.1, 0.15) is 0 Å². The van der Waals surface area contributed by atoms with Gasteiger partial charge in [-0.15, -0.1) is 0 Å². The van der Waals surface area contributed by atoms with Crippen molar-refractivity contribution in [2.75, 3.05) is 5.73 Å². The lowest BCUT2D eigenvalue weighted by Crippen LogP contribution is -2.29. The second kappa shape index (κ2) is 4.95. The molecule has 1 aromatic rings.